The largest absolute Gasteiger partial charge is 0.368 e. The highest BCUT2D eigenvalue weighted by Crippen LogP contribution is 2.59. The van der Waals surface area contributed by atoms with Crippen LogP contribution in [0.25, 0.3) is 10.8 Å². The number of nitrogens with zero attached hydrogens (tertiary/aromatic N) is 1. The molecule has 1 saturated carbocycles. The Kier molecular flexibility index (Phi) is 2.32. The Morgan fingerprint density at radius 3 is 2.55 bits per heavy atom. The summed E-state index contributed by atoms with van der Waals surface area (Å²) in [6.45, 7) is 4.97. The molecule has 0 aromatic heterocycles. The lowest BCUT2D eigenvalue weighted by atomic mass is 9.61. The van der Waals surface area contributed by atoms with E-state index in [0.717, 1.165) is 0 Å². The van der Waals surface area contributed by atoms with Gasteiger partial charge in [0, 0.05) is 23.7 Å². The molecule has 0 spiro atoms. The van der Waals surface area contributed by atoms with E-state index in [2.05, 4.69) is 62.2 Å². The van der Waals surface area contributed by atoms with Crippen LogP contribution in [0.15, 0.2) is 36.4 Å². The Morgan fingerprint density at radius 1 is 0.950 bits per heavy atom. The SMILES string of the molecule is CN1c2ccc3ccccc3c2C2(C)CCCCC12C. The number of rotatable bonds is 0. The van der Waals surface area contributed by atoms with E-state index in [9.17, 15) is 0 Å². The van der Waals surface area contributed by atoms with Crippen LogP contribution < -0.4 is 4.90 Å². The lowest BCUT2D eigenvalue weighted by Gasteiger charge is -2.49. The van der Waals surface area contributed by atoms with Gasteiger partial charge >= 0.3 is 0 Å². The minimum Gasteiger partial charge on any atom is -0.368 e. The van der Waals surface area contributed by atoms with E-state index in [1.54, 1.807) is 5.56 Å². The van der Waals surface area contributed by atoms with E-state index >= 15 is 0 Å². The molecule has 0 saturated heterocycles. The second-order valence-electron chi connectivity index (χ2n) is 7.05. The second-order valence-corrected chi connectivity index (χ2v) is 7.05. The molecule has 104 valence electrons. The smallest absolute Gasteiger partial charge is 0.0465 e. The highest BCUT2D eigenvalue weighted by atomic mass is 15.2. The lowest BCUT2D eigenvalue weighted by Crippen LogP contribution is -2.55. The maximum atomic E-state index is 2.56. The number of hydrogen-bond donors (Lipinski definition) is 0. The molecule has 0 amide bonds. The van der Waals surface area contributed by atoms with E-state index in [0.29, 0.717) is 0 Å². The molecule has 4 rings (SSSR count). The van der Waals surface area contributed by atoms with Crippen LogP contribution in [0.2, 0.25) is 0 Å². The molecule has 1 heteroatoms. The molecule has 2 aliphatic rings. The van der Waals surface area contributed by atoms with Crippen LogP contribution in [0.4, 0.5) is 5.69 Å². The number of likely N-dealkylation sites (N-methyl/N-ethyl adjacent to an activating group) is 1. The minimum atomic E-state index is 0.276. The summed E-state index contributed by atoms with van der Waals surface area (Å²) in [7, 11) is 2.30. The van der Waals surface area contributed by atoms with Gasteiger partial charge in [-0.25, -0.2) is 0 Å². The van der Waals surface area contributed by atoms with Crippen molar-refractivity contribution in [3.05, 3.63) is 42.0 Å². The van der Waals surface area contributed by atoms with Gasteiger partial charge in [-0.1, -0.05) is 50.1 Å². The summed E-state index contributed by atoms with van der Waals surface area (Å²) in [4.78, 5) is 2.56. The van der Waals surface area contributed by atoms with E-state index < -0.39 is 0 Å². The maximum absolute atomic E-state index is 2.56. The van der Waals surface area contributed by atoms with Gasteiger partial charge in [-0.2, -0.15) is 0 Å². The standard InChI is InChI=1S/C19H23N/c1-18-12-6-7-13-19(18,2)20(3)16-11-10-14-8-4-5-9-15(14)17(16)18/h4-5,8-11H,6-7,12-13H2,1-3H3. The summed E-state index contributed by atoms with van der Waals surface area (Å²) in [5.74, 6) is 0. The molecular formula is C19H23N. The fourth-order valence-electron chi connectivity index (χ4n) is 4.81. The number of anilines is 1. The molecule has 2 aromatic carbocycles. The van der Waals surface area contributed by atoms with Gasteiger partial charge in [0.1, 0.15) is 0 Å². The topological polar surface area (TPSA) is 3.24 Å². The van der Waals surface area contributed by atoms with Crippen molar-refractivity contribution in [2.45, 2.75) is 50.5 Å². The van der Waals surface area contributed by atoms with Gasteiger partial charge in [0.05, 0.1) is 0 Å². The van der Waals surface area contributed by atoms with E-state index in [1.807, 2.05) is 0 Å². The summed E-state index contributed by atoms with van der Waals surface area (Å²) in [6.07, 6.45) is 5.35. The Balaban J connectivity index is 2.09. The van der Waals surface area contributed by atoms with Gasteiger partial charge in [0.2, 0.25) is 0 Å². The Labute approximate surface area is 121 Å². The monoisotopic (exact) mass is 265 g/mol. The summed E-state index contributed by atoms with van der Waals surface area (Å²) < 4.78 is 0. The normalized spacial score (nSPS) is 32.2. The molecule has 20 heavy (non-hydrogen) atoms. The number of benzene rings is 2. The molecular weight excluding hydrogens is 242 g/mol. The molecule has 1 nitrogen and oxygen atoms in total. The third-order valence-electron chi connectivity index (χ3n) is 6.34. The zero-order chi connectivity index (χ0) is 14.0. The van der Waals surface area contributed by atoms with Crippen LogP contribution in [0.3, 0.4) is 0 Å². The fraction of sp³-hybridized carbons (Fsp3) is 0.474. The molecule has 0 bridgehead atoms. The maximum Gasteiger partial charge on any atom is 0.0465 e. The van der Waals surface area contributed by atoms with Crippen LogP contribution in [-0.4, -0.2) is 12.6 Å². The van der Waals surface area contributed by atoms with E-state index in [-0.39, 0.29) is 11.0 Å². The zero-order valence-corrected chi connectivity index (χ0v) is 12.7. The summed E-state index contributed by atoms with van der Waals surface area (Å²) in [5.41, 5.74) is 3.62. The van der Waals surface area contributed by atoms with Crippen molar-refractivity contribution in [1.29, 1.82) is 0 Å². The van der Waals surface area contributed by atoms with Crippen LogP contribution in [0.5, 0.6) is 0 Å². The molecule has 0 N–H and O–H groups in total. The molecule has 1 aliphatic heterocycles. The third kappa shape index (κ3) is 1.24. The summed E-state index contributed by atoms with van der Waals surface area (Å²) >= 11 is 0. The summed E-state index contributed by atoms with van der Waals surface area (Å²) in [6, 6.07) is 13.5. The fourth-order valence-corrected chi connectivity index (χ4v) is 4.81. The highest BCUT2D eigenvalue weighted by molar-refractivity contribution is 5.93. The van der Waals surface area contributed by atoms with Gasteiger partial charge in [-0.3, -0.25) is 0 Å². The van der Waals surface area contributed by atoms with Crippen molar-refractivity contribution in [1.82, 2.24) is 0 Å². The predicted octanol–water partition coefficient (Wildman–Crippen LogP) is 4.88. The van der Waals surface area contributed by atoms with Crippen molar-refractivity contribution < 1.29 is 0 Å². The summed E-state index contributed by atoms with van der Waals surface area (Å²) in [5, 5.41) is 2.85. The van der Waals surface area contributed by atoms with Gasteiger partial charge in [-0.15, -0.1) is 0 Å². The zero-order valence-electron chi connectivity index (χ0n) is 12.7. The average Bonchev–Trinajstić information content (AvgIpc) is 2.65. The molecule has 2 unspecified atom stereocenters. The highest BCUT2D eigenvalue weighted by Gasteiger charge is 2.56. The van der Waals surface area contributed by atoms with E-state index in [4.69, 9.17) is 0 Å². The molecule has 0 radical (unpaired) electrons. The molecule has 1 heterocycles. The van der Waals surface area contributed by atoms with Gasteiger partial charge in [-0.05, 0) is 42.2 Å². The average molecular weight is 265 g/mol. The van der Waals surface area contributed by atoms with Gasteiger partial charge < -0.3 is 4.90 Å². The van der Waals surface area contributed by atoms with Crippen LogP contribution in [0.1, 0.15) is 45.1 Å². The second kappa shape index (κ2) is 3.78. The molecule has 2 atom stereocenters. The van der Waals surface area contributed by atoms with Crippen molar-refractivity contribution in [2.24, 2.45) is 0 Å². The first-order valence-corrected chi connectivity index (χ1v) is 7.84. The minimum absolute atomic E-state index is 0.276. The van der Waals surface area contributed by atoms with Crippen molar-refractivity contribution in [3.8, 4) is 0 Å². The van der Waals surface area contributed by atoms with Crippen LogP contribution >= 0.6 is 0 Å². The van der Waals surface area contributed by atoms with Crippen LogP contribution in [0, 0.1) is 0 Å². The predicted molar refractivity (Wildman–Crippen MR) is 86.6 cm³/mol. The van der Waals surface area contributed by atoms with Gasteiger partial charge in [0.25, 0.3) is 0 Å². The Morgan fingerprint density at radius 2 is 1.70 bits per heavy atom. The Hall–Kier alpha value is -1.50. The Bertz CT molecular complexity index is 689. The van der Waals surface area contributed by atoms with Crippen molar-refractivity contribution in [3.63, 3.8) is 0 Å². The first-order chi connectivity index (χ1) is 9.58. The third-order valence-corrected chi connectivity index (χ3v) is 6.34. The molecule has 1 aliphatic carbocycles. The first-order valence-electron chi connectivity index (χ1n) is 7.84. The first kappa shape index (κ1) is 12.3. The number of hydrogen-bond acceptors (Lipinski definition) is 1. The molecule has 2 aromatic rings. The molecule has 1 fully saturated rings. The van der Waals surface area contributed by atoms with E-state index in [1.165, 1.54) is 42.1 Å². The van der Waals surface area contributed by atoms with Crippen molar-refractivity contribution >= 4 is 16.5 Å². The van der Waals surface area contributed by atoms with Crippen molar-refractivity contribution in [2.75, 3.05) is 11.9 Å². The quantitative estimate of drug-likeness (QED) is 0.656. The lowest BCUT2D eigenvalue weighted by molar-refractivity contribution is 0.191. The van der Waals surface area contributed by atoms with Gasteiger partial charge in [0.15, 0.2) is 0 Å². The number of fused-ring (bicyclic) bond motifs is 5. The van der Waals surface area contributed by atoms with Crippen LogP contribution in [-0.2, 0) is 5.41 Å².